The lowest BCUT2D eigenvalue weighted by Gasteiger charge is -2.40. The third-order valence-corrected chi connectivity index (χ3v) is 9.33. The van der Waals surface area contributed by atoms with Crippen LogP contribution in [0.3, 0.4) is 0 Å². The van der Waals surface area contributed by atoms with Gasteiger partial charge < -0.3 is 19.5 Å². The van der Waals surface area contributed by atoms with Gasteiger partial charge in [0.05, 0.1) is 39.9 Å². The minimum absolute atomic E-state index is 0.0300. The molecule has 1 saturated heterocycles. The van der Waals surface area contributed by atoms with E-state index in [1.165, 1.54) is 10.6 Å². The van der Waals surface area contributed by atoms with Gasteiger partial charge in [-0.25, -0.2) is 4.79 Å². The number of methoxy groups -OCH3 is 1. The molecule has 1 unspecified atom stereocenters. The van der Waals surface area contributed by atoms with Crippen LogP contribution in [0.4, 0.5) is 5.82 Å². The van der Waals surface area contributed by atoms with Crippen molar-refractivity contribution >= 4 is 70.4 Å². The average Bonchev–Trinajstić information content (AvgIpc) is 3.01. The molecule has 0 radical (unpaired) electrons. The lowest BCUT2D eigenvalue weighted by Crippen LogP contribution is -2.54. The largest absolute Gasteiger partial charge is 0.495 e. The second kappa shape index (κ2) is 11.6. The van der Waals surface area contributed by atoms with Crippen LogP contribution in [0.5, 0.6) is 5.75 Å². The van der Waals surface area contributed by atoms with E-state index in [0.29, 0.717) is 74.8 Å². The van der Waals surface area contributed by atoms with Crippen LogP contribution >= 0.6 is 20.8 Å². The number of rotatable bonds is 5. The molecule has 45 heavy (non-hydrogen) atoms. The summed E-state index contributed by atoms with van der Waals surface area (Å²) >= 11 is 7.12. The number of halogens is 1. The van der Waals surface area contributed by atoms with E-state index in [2.05, 4.69) is 30.8 Å². The molecular formula is C33H34ClN6O4P. The Morgan fingerprint density at radius 3 is 2.62 bits per heavy atom. The fourth-order valence-electron chi connectivity index (χ4n) is 6.46. The molecule has 0 saturated carbocycles. The zero-order valence-electron chi connectivity index (χ0n) is 25.8. The molecule has 5 aromatic rings. The van der Waals surface area contributed by atoms with Gasteiger partial charge in [0, 0.05) is 48.0 Å². The first-order valence-electron chi connectivity index (χ1n) is 14.7. The van der Waals surface area contributed by atoms with Crippen molar-refractivity contribution in [2.24, 2.45) is 0 Å². The molecule has 10 nitrogen and oxygen atoms in total. The fourth-order valence-corrected chi connectivity index (χ4v) is 7.14. The number of piperazine rings is 1. The number of hydrogen-bond donors (Lipinski definition) is 1. The van der Waals surface area contributed by atoms with E-state index in [1.807, 2.05) is 44.7 Å². The Morgan fingerprint density at radius 2 is 1.96 bits per heavy atom. The Bertz CT molecular complexity index is 2180. The highest BCUT2D eigenvalue weighted by Crippen LogP contribution is 2.40. The summed E-state index contributed by atoms with van der Waals surface area (Å²) in [7, 11) is 4.25. The van der Waals surface area contributed by atoms with Crippen molar-refractivity contribution in [3.63, 3.8) is 0 Å². The second-order valence-corrected chi connectivity index (χ2v) is 12.7. The maximum atomic E-state index is 14.4. The Hall–Kier alpha value is -4.27. The van der Waals surface area contributed by atoms with Crippen LogP contribution in [0.25, 0.3) is 38.3 Å². The maximum absolute atomic E-state index is 14.4. The molecule has 0 spiro atoms. The number of fused-ring (bicyclic) bond motifs is 5. The predicted molar refractivity (Wildman–Crippen MR) is 184 cm³/mol. The van der Waals surface area contributed by atoms with Gasteiger partial charge in [0.25, 0.3) is 5.56 Å². The fraction of sp³-hybridized carbons (Fsp3) is 0.303. The van der Waals surface area contributed by atoms with E-state index in [4.69, 9.17) is 16.3 Å². The van der Waals surface area contributed by atoms with Crippen molar-refractivity contribution in [2.75, 3.05) is 31.6 Å². The van der Waals surface area contributed by atoms with Gasteiger partial charge in [0.15, 0.2) is 0 Å². The van der Waals surface area contributed by atoms with Crippen molar-refractivity contribution in [2.45, 2.75) is 39.7 Å². The number of benzene rings is 2. The quantitative estimate of drug-likeness (QED) is 0.169. The summed E-state index contributed by atoms with van der Waals surface area (Å²) in [6.07, 6.45) is 3.02. The lowest BCUT2D eigenvalue weighted by molar-refractivity contribution is -0.126. The Labute approximate surface area is 266 Å². The van der Waals surface area contributed by atoms with Crippen molar-refractivity contribution < 1.29 is 9.53 Å². The first-order chi connectivity index (χ1) is 21.5. The van der Waals surface area contributed by atoms with Crippen molar-refractivity contribution in [3.05, 3.63) is 80.2 Å². The normalized spacial score (nSPS) is 15.4. The van der Waals surface area contributed by atoms with Crippen LogP contribution in [-0.4, -0.2) is 63.1 Å². The first kappa shape index (κ1) is 30.7. The van der Waals surface area contributed by atoms with Crippen LogP contribution in [0.2, 0.25) is 5.02 Å². The molecule has 4 heterocycles. The number of ether oxygens (including phenoxy) is 1. The van der Waals surface area contributed by atoms with Gasteiger partial charge >= 0.3 is 5.69 Å². The highest BCUT2D eigenvalue weighted by atomic mass is 35.5. The molecule has 232 valence electrons. The van der Waals surface area contributed by atoms with E-state index in [1.54, 1.807) is 30.3 Å². The number of anilines is 1. The van der Waals surface area contributed by atoms with Crippen molar-refractivity contribution in [1.82, 2.24) is 24.4 Å². The molecule has 0 bridgehead atoms. The lowest BCUT2D eigenvalue weighted by atomic mass is 10.00. The maximum Gasteiger partial charge on any atom is 0.354 e. The van der Waals surface area contributed by atoms with Crippen molar-refractivity contribution in [3.8, 4) is 11.4 Å². The van der Waals surface area contributed by atoms with Crippen LogP contribution in [0.15, 0.2) is 52.7 Å². The Balaban J connectivity index is 1.81. The molecule has 1 fully saturated rings. The number of carbonyl (C=O) groups is 1. The molecule has 6 rings (SSSR count). The summed E-state index contributed by atoms with van der Waals surface area (Å²) in [5, 5.41) is 3.12. The predicted octanol–water partition coefficient (Wildman–Crippen LogP) is 4.59. The molecule has 2 atom stereocenters. The molecule has 0 aliphatic carbocycles. The number of amides is 1. The molecule has 1 aliphatic heterocycles. The molecule has 12 heteroatoms. The SMILES string of the molecule is C=CC(=O)N1CCN(c2nc(=O)n(-c3c(C)ccnc3C(C)C)c3c2cc(Cl)c2c4c(P)ccc(OC)c4[nH]c(=O)c23)[C@@H](C)C1. The van der Waals surface area contributed by atoms with Crippen LogP contribution in [0, 0.1) is 6.92 Å². The number of aromatic amines is 1. The molecule has 2 aromatic carbocycles. The van der Waals surface area contributed by atoms with E-state index in [9.17, 15) is 14.4 Å². The average molecular weight is 645 g/mol. The summed E-state index contributed by atoms with van der Waals surface area (Å²) in [4.78, 5) is 57.1. The molecule has 1 amide bonds. The number of aromatic nitrogens is 4. The topological polar surface area (TPSA) is 113 Å². The van der Waals surface area contributed by atoms with Gasteiger partial charge in [-0.15, -0.1) is 9.24 Å². The van der Waals surface area contributed by atoms with Gasteiger partial charge in [-0.3, -0.25) is 19.1 Å². The number of pyridine rings is 2. The summed E-state index contributed by atoms with van der Waals surface area (Å²) in [5.41, 5.74) is 2.00. The van der Waals surface area contributed by atoms with Gasteiger partial charge in [-0.1, -0.05) is 38.1 Å². The van der Waals surface area contributed by atoms with Gasteiger partial charge in [-0.2, -0.15) is 4.98 Å². The standard InChI is InChI=1S/C33H34ClN6O4P/c1-7-23(41)38-12-13-39(18(5)15-38)31-19-14-20(34)24-25-22(45)9-8-21(44-6)28(25)36-32(42)26(24)30(19)40(33(43)37-31)29-17(4)10-11-35-27(29)16(2)3/h7-11,14,16,18H,1,12-13,15,45H2,2-6H3,(H,36,42)/t18-/m0/s1. The zero-order valence-corrected chi connectivity index (χ0v) is 27.7. The minimum atomic E-state index is -0.549. The number of carbonyl (C=O) groups excluding carboxylic acids is 1. The zero-order chi connectivity index (χ0) is 32.3. The summed E-state index contributed by atoms with van der Waals surface area (Å²) in [5.74, 6) is 0.707. The van der Waals surface area contributed by atoms with Gasteiger partial charge in [0.2, 0.25) is 5.91 Å². The third-order valence-electron chi connectivity index (χ3n) is 8.55. The van der Waals surface area contributed by atoms with Gasteiger partial charge in [0.1, 0.15) is 11.6 Å². The third kappa shape index (κ3) is 4.87. The smallest absolute Gasteiger partial charge is 0.354 e. The number of nitrogens with zero attached hydrogens (tertiary/aromatic N) is 5. The summed E-state index contributed by atoms with van der Waals surface area (Å²) in [6, 6.07) is 7.10. The molecule has 3 aromatic heterocycles. The number of hydrogen-bond acceptors (Lipinski definition) is 7. The molecule has 1 N–H and O–H groups in total. The van der Waals surface area contributed by atoms with Crippen LogP contribution in [-0.2, 0) is 4.79 Å². The minimum Gasteiger partial charge on any atom is -0.495 e. The Kier molecular flexibility index (Phi) is 7.91. The monoisotopic (exact) mass is 644 g/mol. The molecule has 1 aliphatic rings. The Morgan fingerprint density at radius 1 is 1.20 bits per heavy atom. The highest BCUT2D eigenvalue weighted by molar-refractivity contribution is 7.28. The summed E-state index contributed by atoms with van der Waals surface area (Å²) < 4.78 is 7.11. The first-order valence-corrected chi connectivity index (χ1v) is 15.6. The number of aryl methyl sites for hydroxylation is 1. The number of nitrogens with one attached hydrogen (secondary N) is 1. The van der Waals surface area contributed by atoms with Crippen LogP contribution < -0.4 is 26.2 Å². The van der Waals surface area contributed by atoms with Crippen molar-refractivity contribution in [1.29, 1.82) is 0 Å². The summed E-state index contributed by atoms with van der Waals surface area (Å²) in [6.45, 7) is 12.8. The van der Waals surface area contributed by atoms with E-state index in [-0.39, 0.29) is 23.3 Å². The van der Waals surface area contributed by atoms with E-state index < -0.39 is 11.2 Å². The highest BCUT2D eigenvalue weighted by Gasteiger charge is 2.31. The van der Waals surface area contributed by atoms with Crippen LogP contribution in [0.1, 0.15) is 37.9 Å². The van der Waals surface area contributed by atoms with Gasteiger partial charge in [-0.05, 0) is 54.9 Å². The second-order valence-electron chi connectivity index (χ2n) is 11.7. The molecular weight excluding hydrogens is 611 g/mol. The number of H-pyrrole nitrogens is 1. The van der Waals surface area contributed by atoms with E-state index in [0.717, 1.165) is 10.9 Å². The van der Waals surface area contributed by atoms with E-state index >= 15 is 0 Å².